The largest absolute Gasteiger partial charge is 0.372 e. The number of carbonyl (C=O) groups excluding carboxylic acids is 1. The van der Waals surface area contributed by atoms with E-state index in [2.05, 4.69) is 37.9 Å². The Hall–Kier alpha value is -3.22. The van der Waals surface area contributed by atoms with Crippen LogP contribution in [0.3, 0.4) is 0 Å². The van der Waals surface area contributed by atoms with Crippen molar-refractivity contribution >= 4 is 28.8 Å². The first-order valence-electron chi connectivity index (χ1n) is 8.75. The number of rotatable bonds is 5. The zero-order valence-corrected chi connectivity index (χ0v) is 14.4. The number of para-hydroxylation sites is 1. The van der Waals surface area contributed by atoms with Gasteiger partial charge in [-0.05, 0) is 42.7 Å². The van der Waals surface area contributed by atoms with Crippen molar-refractivity contribution in [3.63, 3.8) is 0 Å². The van der Waals surface area contributed by atoms with Gasteiger partial charge in [0.2, 0.25) is 0 Å². The second-order valence-corrected chi connectivity index (χ2v) is 6.31. The second-order valence-electron chi connectivity index (χ2n) is 6.31. The van der Waals surface area contributed by atoms with E-state index in [0.29, 0.717) is 0 Å². The smallest absolute Gasteiger partial charge is 0.261 e. The molecule has 1 fully saturated rings. The monoisotopic (exact) mass is 348 g/mol. The van der Waals surface area contributed by atoms with Crippen molar-refractivity contribution in [1.82, 2.24) is 20.4 Å². The number of fused-ring (bicyclic) bond motifs is 1. The van der Waals surface area contributed by atoms with Gasteiger partial charge < -0.3 is 4.90 Å². The number of hydrogen-bond donors (Lipinski definition) is 1. The summed E-state index contributed by atoms with van der Waals surface area (Å²) in [6.45, 7) is 2.33. The quantitative estimate of drug-likeness (QED) is 0.566. The Labute approximate surface area is 151 Å². The summed E-state index contributed by atoms with van der Waals surface area (Å²) in [6, 6.07) is 15.7. The number of aromatic nitrogens is 3. The minimum atomic E-state index is -0.245. The van der Waals surface area contributed by atoms with E-state index in [0.717, 1.165) is 29.7 Å². The van der Waals surface area contributed by atoms with Crippen LogP contribution in [0.1, 0.15) is 18.4 Å². The molecule has 1 saturated heterocycles. The fourth-order valence-electron chi connectivity index (χ4n) is 3.13. The molecule has 26 heavy (non-hydrogen) atoms. The number of carbonyl (C=O) groups is 1. The SMILES string of the molecule is O=C(Cn1nnc2ccccc21)N/N=C/c1ccc(N2CCCC2)cc1. The molecule has 7 heteroatoms. The molecule has 2 heterocycles. The van der Waals surface area contributed by atoms with Gasteiger partial charge in [0.1, 0.15) is 12.1 Å². The highest BCUT2D eigenvalue weighted by Gasteiger charge is 2.11. The molecule has 1 aliphatic rings. The van der Waals surface area contributed by atoms with Crippen LogP contribution >= 0.6 is 0 Å². The van der Waals surface area contributed by atoms with Gasteiger partial charge in [-0.15, -0.1) is 5.10 Å². The van der Waals surface area contributed by atoms with Crippen LogP contribution in [-0.2, 0) is 11.3 Å². The van der Waals surface area contributed by atoms with E-state index < -0.39 is 0 Å². The van der Waals surface area contributed by atoms with Crippen molar-refractivity contribution in [2.75, 3.05) is 18.0 Å². The minimum absolute atomic E-state index is 0.0751. The van der Waals surface area contributed by atoms with Crippen LogP contribution in [0, 0.1) is 0 Å². The summed E-state index contributed by atoms with van der Waals surface area (Å²) in [5.74, 6) is -0.245. The average molecular weight is 348 g/mol. The van der Waals surface area contributed by atoms with Crippen LogP contribution in [0.25, 0.3) is 11.0 Å². The summed E-state index contributed by atoms with van der Waals surface area (Å²) in [5, 5.41) is 12.1. The highest BCUT2D eigenvalue weighted by Crippen LogP contribution is 2.19. The first kappa shape index (κ1) is 16.3. The summed E-state index contributed by atoms with van der Waals surface area (Å²) >= 11 is 0. The Bertz CT molecular complexity index is 925. The molecule has 1 aliphatic heterocycles. The number of nitrogens with one attached hydrogen (secondary N) is 1. The topological polar surface area (TPSA) is 75.4 Å². The second kappa shape index (κ2) is 7.35. The van der Waals surface area contributed by atoms with Gasteiger partial charge in [-0.25, -0.2) is 10.1 Å². The average Bonchev–Trinajstić information content (AvgIpc) is 3.33. The number of benzene rings is 2. The minimum Gasteiger partial charge on any atom is -0.372 e. The molecule has 0 unspecified atom stereocenters. The molecule has 7 nitrogen and oxygen atoms in total. The van der Waals surface area contributed by atoms with Crippen LogP contribution < -0.4 is 10.3 Å². The zero-order valence-electron chi connectivity index (χ0n) is 14.4. The van der Waals surface area contributed by atoms with Crippen LogP contribution in [0.4, 0.5) is 5.69 Å². The third-order valence-electron chi connectivity index (χ3n) is 4.48. The van der Waals surface area contributed by atoms with Crippen molar-refractivity contribution < 1.29 is 4.79 Å². The van der Waals surface area contributed by atoms with Gasteiger partial charge in [-0.1, -0.05) is 29.5 Å². The maximum absolute atomic E-state index is 12.1. The fraction of sp³-hybridized carbons (Fsp3) is 0.263. The van der Waals surface area contributed by atoms with Crippen LogP contribution in [-0.4, -0.2) is 40.2 Å². The van der Waals surface area contributed by atoms with Gasteiger partial charge >= 0.3 is 0 Å². The fourth-order valence-corrected chi connectivity index (χ4v) is 3.13. The van der Waals surface area contributed by atoms with Gasteiger partial charge in [0.25, 0.3) is 5.91 Å². The van der Waals surface area contributed by atoms with E-state index in [1.165, 1.54) is 18.5 Å². The molecular formula is C19H20N6O. The Morgan fingerprint density at radius 1 is 1.12 bits per heavy atom. The van der Waals surface area contributed by atoms with Crippen LogP contribution in [0.2, 0.25) is 0 Å². The van der Waals surface area contributed by atoms with E-state index in [9.17, 15) is 4.79 Å². The van der Waals surface area contributed by atoms with Gasteiger partial charge in [-0.3, -0.25) is 4.79 Å². The van der Waals surface area contributed by atoms with Crippen LogP contribution in [0.15, 0.2) is 53.6 Å². The Morgan fingerprint density at radius 2 is 1.88 bits per heavy atom. The molecule has 0 spiro atoms. The third kappa shape index (κ3) is 3.56. The standard InChI is InChI=1S/C19H20N6O/c26-19(14-25-18-6-2-1-5-17(18)21-23-25)22-20-13-15-7-9-16(10-8-15)24-11-3-4-12-24/h1-2,5-10,13H,3-4,11-12,14H2,(H,22,26)/b20-13+. The molecule has 3 aromatic rings. The molecule has 1 amide bonds. The van der Waals surface area contributed by atoms with E-state index in [-0.39, 0.29) is 12.5 Å². The lowest BCUT2D eigenvalue weighted by atomic mass is 10.2. The third-order valence-corrected chi connectivity index (χ3v) is 4.48. The lowest BCUT2D eigenvalue weighted by Crippen LogP contribution is -2.23. The first-order chi connectivity index (χ1) is 12.8. The van der Waals surface area contributed by atoms with E-state index in [4.69, 9.17) is 0 Å². The van der Waals surface area contributed by atoms with Gasteiger partial charge in [0, 0.05) is 18.8 Å². The summed E-state index contributed by atoms with van der Waals surface area (Å²) in [7, 11) is 0. The number of hydrogen-bond acceptors (Lipinski definition) is 5. The molecule has 132 valence electrons. The molecule has 0 radical (unpaired) electrons. The van der Waals surface area contributed by atoms with Crippen molar-refractivity contribution in [2.24, 2.45) is 5.10 Å². The zero-order chi connectivity index (χ0) is 17.8. The molecule has 0 aliphatic carbocycles. The molecule has 1 N–H and O–H groups in total. The normalized spacial score (nSPS) is 14.4. The predicted molar refractivity (Wildman–Crippen MR) is 101 cm³/mol. The number of nitrogens with zero attached hydrogens (tertiary/aromatic N) is 5. The molecule has 1 aromatic heterocycles. The van der Waals surface area contributed by atoms with Crippen molar-refractivity contribution in [3.8, 4) is 0 Å². The molecule has 0 bridgehead atoms. The van der Waals surface area contributed by atoms with Gasteiger partial charge in [-0.2, -0.15) is 5.10 Å². The number of hydrazone groups is 1. The lowest BCUT2D eigenvalue weighted by molar-refractivity contribution is -0.121. The highest BCUT2D eigenvalue weighted by molar-refractivity contribution is 5.83. The molecule has 0 atom stereocenters. The molecule has 0 saturated carbocycles. The Morgan fingerprint density at radius 3 is 2.69 bits per heavy atom. The Kier molecular flexibility index (Phi) is 4.59. The number of amides is 1. The molecule has 4 rings (SSSR count). The lowest BCUT2D eigenvalue weighted by Gasteiger charge is -2.17. The van der Waals surface area contributed by atoms with E-state index in [1.54, 1.807) is 10.9 Å². The number of anilines is 1. The van der Waals surface area contributed by atoms with Crippen molar-refractivity contribution in [1.29, 1.82) is 0 Å². The maximum Gasteiger partial charge on any atom is 0.261 e. The summed E-state index contributed by atoms with van der Waals surface area (Å²) in [6.07, 6.45) is 4.16. The van der Waals surface area contributed by atoms with E-state index >= 15 is 0 Å². The maximum atomic E-state index is 12.1. The van der Waals surface area contributed by atoms with E-state index in [1.807, 2.05) is 36.4 Å². The summed E-state index contributed by atoms with van der Waals surface area (Å²) in [4.78, 5) is 14.4. The molecule has 2 aromatic carbocycles. The van der Waals surface area contributed by atoms with Crippen molar-refractivity contribution in [2.45, 2.75) is 19.4 Å². The summed E-state index contributed by atoms with van der Waals surface area (Å²) in [5.41, 5.74) is 6.31. The van der Waals surface area contributed by atoms with Gasteiger partial charge in [0.05, 0.1) is 11.7 Å². The highest BCUT2D eigenvalue weighted by atomic mass is 16.2. The van der Waals surface area contributed by atoms with Gasteiger partial charge in [0.15, 0.2) is 0 Å². The summed E-state index contributed by atoms with van der Waals surface area (Å²) < 4.78 is 1.56. The van der Waals surface area contributed by atoms with Crippen LogP contribution in [0.5, 0.6) is 0 Å². The van der Waals surface area contributed by atoms with Crippen molar-refractivity contribution in [3.05, 3.63) is 54.1 Å². The first-order valence-corrected chi connectivity index (χ1v) is 8.75. The molecular weight excluding hydrogens is 328 g/mol. The predicted octanol–water partition coefficient (Wildman–Crippen LogP) is 2.18. The Balaban J connectivity index is 1.33.